The van der Waals surface area contributed by atoms with E-state index < -0.39 is 0 Å². The van der Waals surface area contributed by atoms with Crippen LogP contribution in [0.25, 0.3) is 16.8 Å². The molecule has 0 bridgehead atoms. The third kappa shape index (κ3) is 4.17. The van der Waals surface area contributed by atoms with Gasteiger partial charge in [-0.2, -0.15) is 0 Å². The Morgan fingerprint density at radius 1 is 1.07 bits per heavy atom. The van der Waals surface area contributed by atoms with Gasteiger partial charge in [0.25, 0.3) is 11.1 Å². The number of amides is 2. The van der Waals surface area contributed by atoms with Crippen LogP contribution in [0.5, 0.6) is 5.75 Å². The molecule has 7 heteroatoms. The van der Waals surface area contributed by atoms with Crippen molar-refractivity contribution >= 4 is 84.9 Å². The van der Waals surface area contributed by atoms with Gasteiger partial charge < -0.3 is 4.74 Å². The van der Waals surface area contributed by atoms with Gasteiger partial charge in [-0.25, -0.2) is 0 Å². The Bertz CT molecular complexity index is 1170. The fraction of sp³-hybridized carbons (Fsp3) is 0.0909. The van der Waals surface area contributed by atoms with E-state index in [4.69, 9.17) is 4.74 Å². The minimum Gasteiger partial charge on any atom is -0.495 e. The van der Waals surface area contributed by atoms with Crippen LogP contribution >= 0.6 is 56.9 Å². The summed E-state index contributed by atoms with van der Waals surface area (Å²) in [6.07, 6.45) is 1.75. The van der Waals surface area contributed by atoms with Gasteiger partial charge in [0, 0.05) is 9.13 Å². The fourth-order valence-electron chi connectivity index (χ4n) is 3.28. The minimum absolute atomic E-state index is 0.254. The Balaban J connectivity index is 1.67. The maximum atomic E-state index is 13.0. The number of benzene rings is 3. The van der Waals surface area contributed by atoms with Crippen molar-refractivity contribution in [3.05, 3.63) is 77.8 Å². The molecule has 0 aliphatic carbocycles. The molecule has 1 saturated heterocycles. The largest absolute Gasteiger partial charge is 0.495 e. The van der Waals surface area contributed by atoms with Gasteiger partial charge in [0.05, 0.1) is 22.1 Å². The highest BCUT2D eigenvalue weighted by molar-refractivity contribution is 14.1. The van der Waals surface area contributed by atoms with Crippen LogP contribution in [0.1, 0.15) is 11.1 Å². The summed E-state index contributed by atoms with van der Waals surface area (Å²) in [6.45, 7) is 0.254. The van der Waals surface area contributed by atoms with E-state index in [1.807, 2.05) is 54.6 Å². The van der Waals surface area contributed by atoms with Gasteiger partial charge >= 0.3 is 0 Å². The van der Waals surface area contributed by atoms with Crippen LogP contribution in [0.3, 0.4) is 0 Å². The number of thioether (sulfide) groups is 1. The van der Waals surface area contributed by atoms with Crippen LogP contribution in [-0.4, -0.2) is 23.2 Å². The van der Waals surface area contributed by atoms with Gasteiger partial charge in [0.1, 0.15) is 5.75 Å². The van der Waals surface area contributed by atoms with E-state index >= 15 is 0 Å². The van der Waals surface area contributed by atoms with Gasteiger partial charge in [-0.3, -0.25) is 14.5 Å². The first-order valence-electron chi connectivity index (χ1n) is 8.73. The lowest BCUT2D eigenvalue weighted by Gasteiger charge is -2.14. The number of rotatable bonds is 4. The predicted octanol–water partition coefficient (Wildman–Crippen LogP) is 6.29. The third-order valence-corrected chi connectivity index (χ3v) is 6.94. The van der Waals surface area contributed by atoms with Crippen LogP contribution < -0.4 is 4.74 Å². The normalized spacial score (nSPS) is 15.6. The topological polar surface area (TPSA) is 46.6 Å². The number of carbonyl (C=O) groups is 2. The maximum Gasteiger partial charge on any atom is 0.293 e. The molecular formula is C22H15I2NO3S. The van der Waals surface area contributed by atoms with Gasteiger partial charge in [-0.05, 0) is 91.5 Å². The SMILES string of the molecule is COc1c(I)cc(I)cc1/C=C1\SC(=O)N(Cc2cccc3ccccc23)C1=O. The summed E-state index contributed by atoms with van der Waals surface area (Å²) < 4.78 is 7.49. The average Bonchev–Trinajstić information content (AvgIpc) is 2.95. The molecule has 4 nitrogen and oxygen atoms in total. The number of nitrogens with zero attached hydrogens (tertiary/aromatic N) is 1. The van der Waals surface area contributed by atoms with E-state index in [9.17, 15) is 9.59 Å². The van der Waals surface area contributed by atoms with Crippen LogP contribution in [0.2, 0.25) is 0 Å². The third-order valence-electron chi connectivity index (χ3n) is 4.61. The standard InChI is InChI=1S/C22H15I2NO3S/c1-28-20-15(9-16(23)11-18(20)24)10-19-21(26)25(22(27)29-19)12-14-7-4-6-13-5-2-3-8-17(13)14/h2-11H,12H2,1H3/b19-10-. The molecule has 0 saturated carbocycles. The highest BCUT2D eigenvalue weighted by atomic mass is 127. The van der Waals surface area contributed by atoms with E-state index in [1.165, 1.54) is 4.90 Å². The Kier molecular flexibility index (Phi) is 6.16. The van der Waals surface area contributed by atoms with Crippen LogP contribution in [0.15, 0.2) is 59.5 Å². The molecular weight excluding hydrogens is 612 g/mol. The molecule has 1 aliphatic rings. The van der Waals surface area contributed by atoms with Crippen molar-refractivity contribution in [2.24, 2.45) is 0 Å². The molecule has 2 amide bonds. The highest BCUT2D eigenvalue weighted by Crippen LogP contribution is 2.37. The van der Waals surface area contributed by atoms with Gasteiger partial charge in [-0.1, -0.05) is 42.5 Å². The first-order chi connectivity index (χ1) is 14.0. The molecule has 3 aromatic rings. The van der Waals surface area contributed by atoms with Crippen LogP contribution in [0.4, 0.5) is 4.79 Å². The van der Waals surface area contributed by atoms with Crippen molar-refractivity contribution in [1.82, 2.24) is 4.90 Å². The summed E-state index contributed by atoms with van der Waals surface area (Å²) in [7, 11) is 1.61. The maximum absolute atomic E-state index is 13.0. The highest BCUT2D eigenvalue weighted by Gasteiger charge is 2.35. The Labute approximate surface area is 200 Å². The summed E-state index contributed by atoms with van der Waals surface area (Å²) in [5.41, 5.74) is 1.74. The summed E-state index contributed by atoms with van der Waals surface area (Å²) in [5, 5.41) is 1.88. The van der Waals surface area contributed by atoms with Crippen molar-refractivity contribution in [3.63, 3.8) is 0 Å². The molecule has 0 spiro atoms. The number of hydrogen-bond donors (Lipinski definition) is 0. The first-order valence-corrected chi connectivity index (χ1v) is 11.7. The van der Waals surface area contributed by atoms with E-state index in [0.29, 0.717) is 10.7 Å². The number of hydrogen-bond acceptors (Lipinski definition) is 4. The Morgan fingerprint density at radius 2 is 1.83 bits per heavy atom. The van der Waals surface area contributed by atoms with Crippen molar-refractivity contribution < 1.29 is 14.3 Å². The summed E-state index contributed by atoms with van der Waals surface area (Å²) >= 11 is 5.41. The number of methoxy groups -OCH3 is 1. The average molecular weight is 627 g/mol. The lowest BCUT2D eigenvalue weighted by molar-refractivity contribution is -0.123. The molecule has 0 atom stereocenters. The predicted molar refractivity (Wildman–Crippen MR) is 134 cm³/mol. The van der Waals surface area contributed by atoms with Gasteiger partial charge in [0.15, 0.2) is 0 Å². The van der Waals surface area contributed by atoms with Crippen LogP contribution in [-0.2, 0) is 11.3 Å². The lowest BCUT2D eigenvalue weighted by atomic mass is 10.0. The second-order valence-corrected chi connectivity index (χ2v) is 9.82. The van der Waals surface area contributed by atoms with E-state index in [2.05, 4.69) is 45.2 Å². The smallest absolute Gasteiger partial charge is 0.293 e. The second-order valence-electron chi connectivity index (χ2n) is 6.42. The number of ether oxygens (including phenoxy) is 1. The van der Waals surface area contributed by atoms with E-state index in [-0.39, 0.29) is 17.7 Å². The first kappa shape index (κ1) is 20.7. The van der Waals surface area contributed by atoms with Gasteiger partial charge in [-0.15, -0.1) is 0 Å². The molecule has 1 fully saturated rings. The molecule has 146 valence electrons. The van der Waals surface area contributed by atoms with Crippen LogP contribution in [0, 0.1) is 7.14 Å². The molecule has 0 radical (unpaired) electrons. The monoisotopic (exact) mass is 627 g/mol. The molecule has 4 rings (SSSR count). The quantitative estimate of drug-likeness (QED) is 0.252. The van der Waals surface area contributed by atoms with Crippen molar-refractivity contribution in [2.75, 3.05) is 7.11 Å². The minimum atomic E-state index is -0.274. The summed E-state index contributed by atoms with van der Waals surface area (Å²) in [5.74, 6) is 0.427. The molecule has 29 heavy (non-hydrogen) atoms. The number of carbonyl (C=O) groups excluding carboxylic acids is 2. The summed E-state index contributed by atoms with van der Waals surface area (Å²) in [6, 6.07) is 17.9. The number of fused-ring (bicyclic) bond motifs is 1. The lowest BCUT2D eigenvalue weighted by Crippen LogP contribution is -2.27. The molecule has 0 N–H and O–H groups in total. The summed E-state index contributed by atoms with van der Waals surface area (Å²) in [4.78, 5) is 27.3. The number of imide groups is 1. The molecule has 0 unspecified atom stereocenters. The fourth-order valence-corrected chi connectivity index (χ4v) is 6.22. The van der Waals surface area contributed by atoms with Crippen molar-refractivity contribution in [1.29, 1.82) is 0 Å². The molecule has 0 aromatic heterocycles. The Hall–Kier alpha value is -1.59. The van der Waals surface area contributed by atoms with Gasteiger partial charge in [0.2, 0.25) is 0 Å². The molecule has 1 heterocycles. The van der Waals surface area contributed by atoms with Crippen molar-refractivity contribution in [2.45, 2.75) is 6.54 Å². The molecule has 1 aliphatic heterocycles. The van der Waals surface area contributed by atoms with E-state index in [0.717, 1.165) is 40.8 Å². The Morgan fingerprint density at radius 3 is 2.62 bits per heavy atom. The zero-order chi connectivity index (χ0) is 20.5. The van der Waals surface area contributed by atoms with Crippen molar-refractivity contribution in [3.8, 4) is 5.75 Å². The zero-order valence-electron chi connectivity index (χ0n) is 15.3. The zero-order valence-corrected chi connectivity index (χ0v) is 20.4. The molecule has 3 aromatic carbocycles. The number of halogens is 2. The second kappa shape index (κ2) is 8.65. The van der Waals surface area contributed by atoms with E-state index in [1.54, 1.807) is 13.2 Å².